The van der Waals surface area contributed by atoms with E-state index in [1.165, 1.54) is 0 Å². The fourth-order valence-corrected chi connectivity index (χ4v) is 0.957. The summed E-state index contributed by atoms with van der Waals surface area (Å²) in [6.45, 7) is 7.11. The molecule has 1 N–H and O–H groups in total. The van der Waals surface area contributed by atoms with Crippen LogP contribution in [-0.4, -0.2) is 52.0 Å². The fraction of sp³-hybridized carbons (Fsp3) is 1.00. The zero-order valence-electron chi connectivity index (χ0n) is 10.3. The Hall–Kier alpha value is -0.135. The maximum Gasteiger partial charge on any atom is 0.636 e. The highest BCUT2D eigenvalue weighted by molar-refractivity contribution is 6.34. The van der Waals surface area contributed by atoms with Gasteiger partial charge in [0.05, 0.1) is 26.4 Å². The van der Waals surface area contributed by atoms with Crippen molar-refractivity contribution in [2.45, 2.75) is 26.7 Å². The molecule has 0 fully saturated rings. The van der Waals surface area contributed by atoms with E-state index in [1.807, 2.05) is 13.8 Å². The van der Waals surface area contributed by atoms with Gasteiger partial charge in [-0.1, -0.05) is 13.8 Å². The molecule has 16 heavy (non-hydrogen) atoms. The second-order valence-corrected chi connectivity index (χ2v) is 3.27. The lowest BCUT2D eigenvalue weighted by molar-refractivity contribution is 0.0478. The predicted molar refractivity (Wildman–Crippen MR) is 62.1 cm³/mol. The molecule has 0 saturated heterocycles. The Morgan fingerprint density at radius 2 is 1.19 bits per heavy atom. The van der Waals surface area contributed by atoms with Gasteiger partial charge in [0.15, 0.2) is 0 Å². The van der Waals surface area contributed by atoms with E-state index in [2.05, 4.69) is 0 Å². The molecule has 96 valence electrons. The SMILES string of the molecule is CCCOCCOB(O)OCCOCCC. The van der Waals surface area contributed by atoms with Crippen molar-refractivity contribution in [2.24, 2.45) is 0 Å². The predicted octanol–water partition coefficient (Wildman–Crippen LogP) is 0.850. The molecule has 0 aliphatic carbocycles. The molecule has 0 aromatic heterocycles. The van der Waals surface area contributed by atoms with E-state index in [0.29, 0.717) is 39.6 Å². The van der Waals surface area contributed by atoms with Gasteiger partial charge >= 0.3 is 7.32 Å². The van der Waals surface area contributed by atoms with Crippen molar-refractivity contribution in [2.75, 3.05) is 39.6 Å². The molecular weight excluding hydrogens is 211 g/mol. The van der Waals surface area contributed by atoms with Crippen molar-refractivity contribution in [3.8, 4) is 0 Å². The second kappa shape index (κ2) is 12.9. The van der Waals surface area contributed by atoms with E-state index in [4.69, 9.17) is 18.8 Å². The van der Waals surface area contributed by atoms with Crippen molar-refractivity contribution in [3.63, 3.8) is 0 Å². The molecule has 0 spiro atoms. The number of hydrogen-bond acceptors (Lipinski definition) is 5. The van der Waals surface area contributed by atoms with Crippen LogP contribution in [0.15, 0.2) is 0 Å². The lowest BCUT2D eigenvalue weighted by Gasteiger charge is -2.09. The summed E-state index contributed by atoms with van der Waals surface area (Å²) < 4.78 is 20.2. The Morgan fingerprint density at radius 3 is 1.56 bits per heavy atom. The first-order valence-corrected chi connectivity index (χ1v) is 5.88. The van der Waals surface area contributed by atoms with Gasteiger partial charge in [-0.15, -0.1) is 0 Å². The quantitative estimate of drug-likeness (QED) is 0.400. The maximum atomic E-state index is 9.21. The Balaban J connectivity index is 3.09. The van der Waals surface area contributed by atoms with Crippen molar-refractivity contribution >= 4 is 7.32 Å². The van der Waals surface area contributed by atoms with Gasteiger partial charge in [0.25, 0.3) is 0 Å². The molecule has 0 radical (unpaired) electrons. The lowest BCUT2D eigenvalue weighted by atomic mass is 10.2. The van der Waals surface area contributed by atoms with Crippen LogP contribution in [0.5, 0.6) is 0 Å². The highest BCUT2D eigenvalue weighted by Crippen LogP contribution is 1.88. The normalized spacial score (nSPS) is 10.7. The monoisotopic (exact) mass is 234 g/mol. The zero-order chi connectivity index (χ0) is 12.1. The molecule has 0 aliphatic heterocycles. The van der Waals surface area contributed by atoms with Gasteiger partial charge in [0.2, 0.25) is 0 Å². The minimum atomic E-state index is -1.18. The fourth-order valence-electron chi connectivity index (χ4n) is 0.957. The van der Waals surface area contributed by atoms with Crippen molar-refractivity contribution in [1.82, 2.24) is 0 Å². The molecule has 0 atom stereocenters. The first-order chi connectivity index (χ1) is 7.81. The van der Waals surface area contributed by atoms with Crippen LogP contribution in [0.25, 0.3) is 0 Å². The first kappa shape index (κ1) is 15.9. The average Bonchev–Trinajstić information content (AvgIpc) is 2.28. The number of ether oxygens (including phenoxy) is 2. The van der Waals surface area contributed by atoms with E-state index < -0.39 is 7.32 Å². The third-order valence-electron chi connectivity index (χ3n) is 1.67. The Morgan fingerprint density at radius 1 is 0.750 bits per heavy atom. The van der Waals surface area contributed by atoms with Gasteiger partial charge in [0, 0.05) is 13.2 Å². The molecule has 0 unspecified atom stereocenters. The minimum absolute atomic E-state index is 0.330. The van der Waals surface area contributed by atoms with Gasteiger partial charge in [-0.2, -0.15) is 0 Å². The molecule has 0 heterocycles. The van der Waals surface area contributed by atoms with Crippen LogP contribution < -0.4 is 0 Å². The van der Waals surface area contributed by atoms with Crippen LogP contribution in [-0.2, 0) is 18.8 Å². The molecule has 0 amide bonds. The second-order valence-electron chi connectivity index (χ2n) is 3.27. The van der Waals surface area contributed by atoms with E-state index in [0.717, 1.165) is 12.8 Å². The van der Waals surface area contributed by atoms with Gasteiger partial charge in [-0.05, 0) is 12.8 Å². The van der Waals surface area contributed by atoms with E-state index in [1.54, 1.807) is 0 Å². The van der Waals surface area contributed by atoms with Crippen LogP contribution >= 0.6 is 0 Å². The summed E-state index contributed by atoms with van der Waals surface area (Å²) in [6, 6.07) is 0. The molecule has 0 aliphatic rings. The zero-order valence-corrected chi connectivity index (χ0v) is 10.3. The van der Waals surface area contributed by atoms with Gasteiger partial charge in [0.1, 0.15) is 0 Å². The molecule has 5 nitrogen and oxygen atoms in total. The highest BCUT2D eigenvalue weighted by Gasteiger charge is 2.14. The number of hydrogen-bond donors (Lipinski definition) is 1. The summed E-state index contributed by atoms with van der Waals surface area (Å²) in [4.78, 5) is 0. The minimum Gasteiger partial charge on any atom is -0.402 e. The van der Waals surface area contributed by atoms with Crippen LogP contribution in [0.1, 0.15) is 26.7 Å². The van der Waals surface area contributed by atoms with Crippen molar-refractivity contribution < 1.29 is 23.8 Å². The molecular formula is C10H23BO5. The number of rotatable bonds is 12. The lowest BCUT2D eigenvalue weighted by Crippen LogP contribution is -2.26. The molecule has 0 aromatic carbocycles. The Kier molecular flexibility index (Phi) is 12.8. The van der Waals surface area contributed by atoms with Crippen LogP contribution in [0.3, 0.4) is 0 Å². The summed E-state index contributed by atoms with van der Waals surface area (Å²) in [6.07, 6.45) is 1.96. The summed E-state index contributed by atoms with van der Waals surface area (Å²) in [5.41, 5.74) is 0. The Labute approximate surface area is 98.2 Å². The van der Waals surface area contributed by atoms with E-state index in [-0.39, 0.29) is 0 Å². The standard InChI is InChI=1S/C10H23BO5/c1-3-5-13-7-9-15-11(12)16-10-8-14-6-4-2/h12H,3-10H2,1-2H3. The average molecular weight is 234 g/mol. The third kappa shape index (κ3) is 11.9. The largest absolute Gasteiger partial charge is 0.636 e. The van der Waals surface area contributed by atoms with Gasteiger partial charge < -0.3 is 23.8 Å². The topological polar surface area (TPSA) is 57.2 Å². The van der Waals surface area contributed by atoms with E-state index in [9.17, 15) is 5.02 Å². The smallest absolute Gasteiger partial charge is 0.402 e. The van der Waals surface area contributed by atoms with E-state index >= 15 is 0 Å². The van der Waals surface area contributed by atoms with Crippen LogP contribution in [0.4, 0.5) is 0 Å². The summed E-state index contributed by atoms with van der Waals surface area (Å²) in [7, 11) is -1.18. The molecule has 0 bridgehead atoms. The third-order valence-corrected chi connectivity index (χ3v) is 1.67. The van der Waals surface area contributed by atoms with Crippen molar-refractivity contribution in [3.05, 3.63) is 0 Å². The maximum absolute atomic E-state index is 9.21. The summed E-state index contributed by atoms with van der Waals surface area (Å²) in [5.74, 6) is 0. The van der Waals surface area contributed by atoms with Crippen molar-refractivity contribution in [1.29, 1.82) is 0 Å². The first-order valence-electron chi connectivity index (χ1n) is 5.88. The molecule has 0 saturated carbocycles. The van der Waals surface area contributed by atoms with Gasteiger partial charge in [-0.25, -0.2) is 0 Å². The van der Waals surface area contributed by atoms with Crippen LogP contribution in [0.2, 0.25) is 0 Å². The molecule has 6 heteroatoms. The van der Waals surface area contributed by atoms with Gasteiger partial charge in [-0.3, -0.25) is 0 Å². The van der Waals surface area contributed by atoms with Crippen LogP contribution in [0, 0.1) is 0 Å². The molecule has 0 rings (SSSR count). The highest BCUT2D eigenvalue weighted by atomic mass is 16.7. The Bertz CT molecular complexity index is 122. The summed E-state index contributed by atoms with van der Waals surface area (Å²) >= 11 is 0. The molecule has 0 aromatic rings. The summed E-state index contributed by atoms with van der Waals surface area (Å²) in [5, 5.41) is 9.21.